The molecule has 1 N–H and O–H groups in total. The summed E-state index contributed by atoms with van der Waals surface area (Å²) in [7, 11) is 1.53. The summed E-state index contributed by atoms with van der Waals surface area (Å²) in [5, 5.41) is 11.5. The number of hydrogen-bond acceptors (Lipinski definition) is 8. The molecule has 178 valence electrons. The van der Waals surface area contributed by atoms with Crippen LogP contribution in [0.25, 0.3) is 0 Å². The Morgan fingerprint density at radius 1 is 1.27 bits per heavy atom. The minimum atomic E-state index is -0.797. The standard InChI is InChI=1S/C24H30N2O6S/c1-7-31-18-12-16(8-9-17(18)32-13(2)3)20-19(21(27)23-14(4)25-15(5)33-23)22(28)24(29)26(20)10-11-30-6/h8-9,12-13,20,28H,7,10-11H2,1-6H3. The minimum Gasteiger partial charge on any atom is -0.503 e. The van der Waals surface area contributed by atoms with Gasteiger partial charge in [0.2, 0.25) is 5.78 Å². The van der Waals surface area contributed by atoms with Crippen LogP contribution in [0.3, 0.4) is 0 Å². The van der Waals surface area contributed by atoms with Crippen molar-refractivity contribution in [2.24, 2.45) is 0 Å². The number of hydrogen-bond donors (Lipinski definition) is 1. The molecule has 33 heavy (non-hydrogen) atoms. The molecule has 2 aromatic rings. The lowest BCUT2D eigenvalue weighted by Crippen LogP contribution is -2.34. The summed E-state index contributed by atoms with van der Waals surface area (Å²) >= 11 is 1.24. The van der Waals surface area contributed by atoms with Gasteiger partial charge in [0.05, 0.1) is 46.5 Å². The third-order valence-electron chi connectivity index (χ3n) is 5.14. The second kappa shape index (κ2) is 10.4. The number of methoxy groups -OCH3 is 1. The van der Waals surface area contributed by atoms with E-state index >= 15 is 0 Å². The van der Waals surface area contributed by atoms with E-state index in [1.54, 1.807) is 25.1 Å². The molecule has 1 amide bonds. The van der Waals surface area contributed by atoms with Gasteiger partial charge in [-0.3, -0.25) is 9.59 Å². The molecule has 3 rings (SSSR count). The molecule has 9 heteroatoms. The van der Waals surface area contributed by atoms with Crippen molar-refractivity contribution in [1.29, 1.82) is 0 Å². The number of aryl methyl sites for hydroxylation is 2. The minimum absolute atomic E-state index is 0.0304. The van der Waals surface area contributed by atoms with E-state index in [2.05, 4.69) is 4.98 Å². The van der Waals surface area contributed by atoms with Gasteiger partial charge in [-0.05, 0) is 52.3 Å². The maximum absolute atomic E-state index is 13.5. The molecular formula is C24H30N2O6S. The maximum atomic E-state index is 13.5. The van der Waals surface area contributed by atoms with E-state index in [9.17, 15) is 14.7 Å². The third-order valence-corrected chi connectivity index (χ3v) is 6.21. The summed E-state index contributed by atoms with van der Waals surface area (Å²) in [6, 6.07) is 4.51. The number of benzene rings is 1. The van der Waals surface area contributed by atoms with Gasteiger partial charge in [0.15, 0.2) is 17.3 Å². The first-order valence-corrected chi connectivity index (χ1v) is 11.7. The second-order valence-corrected chi connectivity index (χ2v) is 9.14. The largest absolute Gasteiger partial charge is 0.503 e. The van der Waals surface area contributed by atoms with Crippen LogP contribution in [0.15, 0.2) is 29.5 Å². The Kier molecular flexibility index (Phi) is 7.76. The van der Waals surface area contributed by atoms with Crippen LogP contribution in [-0.4, -0.2) is 59.7 Å². The van der Waals surface area contributed by atoms with Crippen molar-refractivity contribution < 1.29 is 28.9 Å². The smallest absolute Gasteiger partial charge is 0.290 e. The van der Waals surface area contributed by atoms with Crippen LogP contribution < -0.4 is 9.47 Å². The summed E-state index contributed by atoms with van der Waals surface area (Å²) in [5.74, 6) is -0.495. The van der Waals surface area contributed by atoms with Crippen molar-refractivity contribution in [3.63, 3.8) is 0 Å². The van der Waals surface area contributed by atoms with Gasteiger partial charge >= 0.3 is 0 Å². The van der Waals surface area contributed by atoms with Crippen molar-refractivity contribution >= 4 is 23.0 Å². The van der Waals surface area contributed by atoms with Crippen LogP contribution in [0.2, 0.25) is 0 Å². The van der Waals surface area contributed by atoms with Crippen LogP contribution in [0.5, 0.6) is 11.5 Å². The van der Waals surface area contributed by atoms with Crippen molar-refractivity contribution in [2.75, 3.05) is 26.9 Å². The molecule has 0 saturated carbocycles. The van der Waals surface area contributed by atoms with Gasteiger partial charge < -0.3 is 24.2 Å². The number of ether oxygens (including phenoxy) is 3. The first-order valence-electron chi connectivity index (χ1n) is 10.8. The Bertz CT molecular complexity index is 1070. The number of carbonyl (C=O) groups is 2. The van der Waals surface area contributed by atoms with Crippen molar-refractivity contribution in [1.82, 2.24) is 9.88 Å². The highest BCUT2D eigenvalue weighted by Gasteiger charge is 2.44. The number of rotatable bonds is 10. The van der Waals surface area contributed by atoms with Crippen molar-refractivity contribution in [2.45, 2.75) is 46.8 Å². The van der Waals surface area contributed by atoms with Crippen molar-refractivity contribution in [3.05, 3.63) is 50.7 Å². The number of ketones is 1. The fourth-order valence-corrected chi connectivity index (χ4v) is 4.71. The number of amides is 1. The lowest BCUT2D eigenvalue weighted by atomic mass is 9.94. The second-order valence-electron chi connectivity index (χ2n) is 7.94. The van der Waals surface area contributed by atoms with E-state index in [1.807, 2.05) is 27.7 Å². The summed E-state index contributed by atoms with van der Waals surface area (Å²) < 4.78 is 16.8. The Hall–Kier alpha value is -2.91. The monoisotopic (exact) mass is 474 g/mol. The van der Waals surface area contributed by atoms with Crippen LogP contribution in [0, 0.1) is 13.8 Å². The Labute approximate surface area is 197 Å². The normalized spacial score (nSPS) is 16.2. The number of nitrogens with zero attached hydrogens (tertiary/aromatic N) is 2. The molecule has 1 aromatic carbocycles. The molecule has 0 radical (unpaired) electrons. The number of thiazole rings is 1. The molecule has 1 aliphatic heterocycles. The quantitative estimate of drug-likeness (QED) is 0.516. The molecule has 0 saturated heterocycles. The number of aromatic nitrogens is 1. The molecule has 1 unspecified atom stereocenters. The molecule has 2 heterocycles. The zero-order chi connectivity index (χ0) is 24.3. The SMILES string of the molecule is CCOc1cc(C2C(C(=O)c3sc(C)nc3C)=C(O)C(=O)N2CCOC)ccc1OC(C)C. The summed E-state index contributed by atoms with van der Waals surface area (Å²) in [6.07, 6.45) is -0.0556. The van der Waals surface area contributed by atoms with E-state index in [1.165, 1.54) is 23.3 Å². The van der Waals surface area contributed by atoms with Gasteiger partial charge in [0.1, 0.15) is 0 Å². The average Bonchev–Trinajstić information content (AvgIpc) is 3.23. The van der Waals surface area contributed by atoms with Crippen LogP contribution >= 0.6 is 11.3 Å². The maximum Gasteiger partial charge on any atom is 0.290 e. The number of aliphatic hydroxyl groups is 1. The molecule has 1 aliphatic rings. The Balaban J connectivity index is 2.13. The molecule has 1 atom stereocenters. The van der Waals surface area contributed by atoms with E-state index in [4.69, 9.17) is 14.2 Å². The Morgan fingerprint density at radius 2 is 2.00 bits per heavy atom. The third kappa shape index (κ3) is 5.04. The number of carbonyl (C=O) groups excluding carboxylic acids is 2. The lowest BCUT2D eigenvalue weighted by Gasteiger charge is -2.27. The summed E-state index contributed by atoms with van der Waals surface area (Å²) in [6.45, 7) is 10.1. The summed E-state index contributed by atoms with van der Waals surface area (Å²) in [5.41, 5.74) is 1.23. The van der Waals surface area contributed by atoms with Gasteiger partial charge in [-0.1, -0.05) is 6.07 Å². The van der Waals surface area contributed by atoms with E-state index in [0.717, 1.165) is 5.01 Å². The van der Waals surface area contributed by atoms with Crippen molar-refractivity contribution in [3.8, 4) is 11.5 Å². The first-order chi connectivity index (χ1) is 15.7. The first kappa shape index (κ1) is 24.7. The summed E-state index contributed by atoms with van der Waals surface area (Å²) in [4.78, 5) is 32.7. The fourth-order valence-electron chi connectivity index (χ4n) is 3.83. The molecule has 8 nitrogen and oxygen atoms in total. The lowest BCUT2D eigenvalue weighted by molar-refractivity contribution is -0.130. The number of Topliss-reactive ketones (excluding diaryl/α,β-unsaturated/α-hetero) is 1. The van der Waals surface area contributed by atoms with Gasteiger partial charge in [-0.2, -0.15) is 0 Å². The van der Waals surface area contributed by atoms with Gasteiger partial charge in [0, 0.05) is 13.7 Å². The van der Waals surface area contributed by atoms with E-state index in [-0.39, 0.29) is 24.8 Å². The van der Waals surface area contributed by atoms with Gasteiger partial charge in [0.25, 0.3) is 5.91 Å². The zero-order valence-electron chi connectivity index (χ0n) is 19.8. The molecule has 0 spiro atoms. The molecule has 0 aliphatic carbocycles. The van der Waals surface area contributed by atoms with Crippen LogP contribution in [0.4, 0.5) is 0 Å². The predicted octanol–water partition coefficient (Wildman–Crippen LogP) is 4.17. The molecular weight excluding hydrogens is 444 g/mol. The number of aliphatic hydroxyl groups excluding tert-OH is 1. The topological polar surface area (TPSA) is 98.2 Å². The van der Waals surface area contributed by atoms with Crippen LogP contribution in [-0.2, 0) is 9.53 Å². The molecule has 0 bridgehead atoms. The molecule has 1 aromatic heterocycles. The van der Waals surface area contributed by atoms with Gasteiger partial charge in [-0.15, -0.1) is 11.3 Å². The highest BCUT2D eigenvalue weighted by molar-refractivity contribution is 7.14. The predicted molar refractivity (Wildman–Crippen MR) is 125 cm³/mol. The molecule has 0 fully saturated rings. The van der Waals surface area contributed by atoms with Crippen LogP contribution in [0.1, 0.15) is 52.7 Å². The fraction of sp³-hybridized carbons (Fsp3) is 0.458. The van der Waals surface area contributed by atoms with E-state index < -0.39 is 23.5 Å². The van der Waals surface area contributed by atoms with Gasteiger partial charge in [-0.25, -0.2) is 4.98 Å². The Morgan fingerprint density at radius 3 is 2.58 bits per heavy atom. The van der Waals surface area contributed by atoms with E-state index in [0.29, 0.717) is 34.2 Å². The zero-order valence-corrected chi connectivity index (χ0v) is 20.6. The highest BCUT2D eigenvalue weighted by atomic mass is 32.1. The average molecular weight is 475 g/mol. The highest BCUT2D eigenvalue weighted by Crippen LogP contribution is 2.42.